The third kappa shape index (κ3) is 4.15. The number of hydrogen-bond donors (Lipinski definition) is 1. The lowest BCUT2D eigenvalue weighted by Crippen LogP contribution is -2.17. The van der Waals surface area contributed by atoms with E-state index in [4.69, 9.17) is 4.42 Å². The minimum absolute atomic E-state index is 0.0562. The first kappa shape index (κ1) is 15.7. The van der Waals surface area contributed by atoms with Crippen LogP contribution in [0.1, 0.15) is 27.4 Å². The number of amides is 1. The van der Waals surface area contributed by atoms with E-state index in [1.165, 1.54) is 18.3 Å². The van der Waals surface area contributed by atoms with Crippen LogP contribution in [-0.2, 0) is 0 Å². The molecule has 0 fully saturated rings. The van der Waals surface area contributed by atoms with Gasteiger partial charge in [0.05, 0.1) is 11.8 Å². The lowest BCUT2D eigenvalue weighted by molar-refractivity contribution is -0.0498. The van der Waals surface area contributed by atoms with E-state index in [-0.39, 0.29) is 11.7 Å². The number of aryl methyl sites for hydroxylation is 2. The number of carbonyl (C=O) groups is 1. The summed E-state index contributed by atoms with van der Waals surface area (Å²) in [6.45, 7) is 0.573. The van der Waals surface area contributed by atoms with Crippen LogP contribution in [0.15, 0.2) is 39.9 Å². The molecule has 0 aliphatic carbocycles. The number of furan rings is 1. The molecule has 0 unspecified atom stereocenters. The fourth-order valence-corrected chi connectivity index (χ4v) is 1.82. The fourth-order valence-electron chi connectivity index (χ4n) is 1.82. The first-order valence-corrected chi connectivity index (χ1v) is 6.41. The van der Waals surface area contributed by atoms with E-state index in [1.807, 2.05) is 0 Å². The molecular weight excluding hydrogens is 294 g/mol. The Hall–Kier alpha value is -2.70. The fraction of sp³-hybridized carbons (Fsp3) is 0.200. The van der Waals surface area contributed by atoms with Crippen molar-refractivity contribution in [2.75, 3.05) is 0 Å². The average Bonchev–Trinajstić information content (AvgIpc) is 2.79. The molecule has 116 valence electrons. The number of benzene rings is 1. The van der Waals surface area contributed by atoms with Crippen LogP contribution in [0.4, 0.5) is 8.78 Å². The van der Waals surface area contributed by atoms with E-state index < -0.39 is 6.61 Å². The summed E-state index contributed by atoms with van der Waals surface area (Å²) in [4.78, 5) is 11.9. The molecule has 2 rings (SSSR count). The summed E-state index contributed by atoms with van der Waals surface area (Å²) in [5.74, 6) is 0.823. The summed E-state index contributed by atoms with van der Waals surface area (Å²) in [6, 6.07) is 7.48. The van der Waals surface area contributed by atoms with Gasteiger partial charge in [0.2, 0.25) is 0 Å². The van der Waals surface area contributed by atoms with Gasteiger partial charge in [0, 0.05) is 0 Å². The maximum Gasteiger partial charge on any atom is 0.387 e. The number of hydrazone groups is 1. The van der Waals surface area contributed by atoms with Gasteiger partial charge in [-0.05, 0) is 49.7 Å². The molecule has 0 aliphatic rings. The van der Waals surface area contributed by atoms with Gasteiger partial charge in [-0.15, -0.1) is 0 Å². The molecule has 2 aromatic rings. The van der Waals surface area contributed by atoms with Crippen molar-refractivity contribution < 1.29 is 22.7 Å². The highest BCUT2D eigenvalue weighted by Crippen LogP contribution is 2.14. The predicted octanol–water partition coefficient (Wildman–Crippen LogP) is 3.26. The number of ether oxygens (including phenoxy) is 1. The van der Waals surface area contributed by atoms with Crippen molar-refractivity contribution in [1.29, 1.82) is 0 Å². The van der Waals surface area contributed by atoms with Gasteiger partial charge in [-0.2, -0.15) is 13.9 Å². The zero-order valence-electron chi connectivity index (χ0n) is 12.0. The number of halogens is 2. The van der Waals surface area contributed by atoms with Crippen LogP contribution < -0.4 is 10.2 Å². The Bertz CT molecular complexity index is 679. The molecule has 0 atom stereocenters. The molecular formula is C15H14F2N2O3. The van der Waals surface area contributed by atoms with Gasteiger partial charge in [-0.3, -0.25) is 4.79 Å². The van der Waals surface area contributed by atoms with Crippen LogP contribution in [-0.4, -0.2) is 18.7 Å². The van der Waals surface area contributed by atoms with E-state index in [1.54, 1.807) is 32.0 Å². The maximum absolute atomic E-state index is 12.0. The second kappa shape index (κ2) is 6.84. The van der Waals surface area contributed by atoms with Crippen molar-refractivity contribution in [1.82, 2.24) is 5.43 Å². The third-order valence-corrected chi connectivity index (χ3v) is 2.77. The number of nitrogens with zero attached hydrogens (tertiary/aromatic N) is 1. The Morgan fingerprint density at radius 2 is 2.00 bits per heavy atom. The Morgan fingerprint density at radius 3 is 2.55 bits per heavy atom. The van der Waals surface area contributed by atoms with Crippen molar-refractivity contribution in [3.05, 3.63) is 53.0 Å². The van der Waals surface area contributed by atoms with Crippen LogP contribution >= 0.6 is 0 Å². The van der Waals surface area contributed by atoms with Gasteiger partial charge in [-0.25, -0.2) is 5.43 Å². The number of nitrogens with one attached hydrogen (secondary N) is 1. The van der Waals surface area contributed by atoms with Gasteiger partial charge in [-0.1, -0.05) is 0 Å². The Morgan fingerprint density at radius 1 is 1.32 bits per heavy atom. The monoisotopic (exact) mass is 308 g/mol. The molecule has 1 heterocycles. The van der Waals surface area contributed by atoms with E-state index in [2.05, 4.69) is 15.3 Å². The molecule has 0 spiro atoms. The summed E-state index contributed by atoms with van der Waals surface area (Å²) in [5.41, 5.74) is 3.41. The Balaban J connectivity index is 1.94. The summed E-state index contributed by atoms with van der Waals surface area (Å²) in [6.07, 6.45) is 1.40. The summed E-state index contributed by atoms with van der Waals surface area (Å²) in [7, 11) is 0. The lowest BCUT2D eigenvalue weighted by Gasteiger charge is -2.03. The average molecular weight is 308 g/mol. The number of carbonyl (C=O) groups excluding carboxylic acids is 1. The minimum Gasteiger partial charge on any atom is -0.466 e. The van der Waals surface area contributed by atoms with Gasteiger partial charge in [0.15, 0.2) is 0 Å². The van der Waals surface area contributed by atoms with Crippen LogP contribution in [0.2, 0.25) is 0 Å². The van der Waals surface area contributed by atoms with Gasteiger partial charge in [0.25, 0.3) is 5.91 Å². The quantitative estimate of drug-likeness (QED) is 0.681. The van der Waals surface area contributed by atoms with Crippen molar-refractivity contribution in [2.45, 2.75) is 20.5 Å². The molecule has 0 saturated heterocycles. The molecule has 0 bridgehead atoms. The first-order chi connectivity index (χ1) is 10.5. The second-order valence-corrected chi connectivity index (χ2v) is 4.47. The van der Waals surface area contributed by atoms with Gasteiger partial charge >= 0.3 is 6.61 Å². The topological polar surface area (TPSA) is 63.8 Å². The maximum atomic E-state index is 12.0. The van der Waals surface area contributed by atoms with E-state index in [0.717, 1.165) is 0 Å². The van der Waals surface area contributed by atoms with E-state index in [0.29, 0.717) is 22.6 Å². The highest BCUT2D eigenvalue weighted by molar-refractivity contribution is 5.95. The summed E-state index contributed by atoms with van der Waals surface area (Å²) < 4.78 is 33.5. The van der Waals surface area contributed by atoms with E-state index in [9.17, 15) is 13.6 Å². The number of alkyl halides is 2. The molecule has 1 aromatic carbocycles. The van der Waals surface area contributed by atoms with Crippen molar-refractivity contribution in [3.63, 3.8) is 0 Å². The number of hydrogen-bond acceptors (Lipinski definition) is 4. The normalized spacial score (nSPS) is 11.1. The van der Waals surface area contributed by atoms with Crippen molar-refractivity contribution >= 4 is 12.1 Å². The van der Waals surface area contributed by atoms with Crippen LogP contribution in [0.25, 0.3) is 0 Å². The zero-order valence-corrected chi connectivity index (χ0v) is 12.0. The standard InChI is InChI=1S/C15H14F2N2O3/c1-9-7-13(10(2)21-9)14(20)19-18-8-11-3-5-12(6-4-11)22-15(16)17/h3-8,15H,1-2H3,(H,19,20). The Kier molecular flexibility index (Phi) is 4.88. The van der Waals surface area contributed by atoms with Crippen molar-refractivity contribution in [3.8, 4) is 5.75 Å². The minimum atomic E-state index is -2.86. The lowest BCUT2D eigenvalue weighted by atomic mass is 10.2. The largest absolute Gasteiger partial charge is 0.466 e. The Labute approximate surface area is 125 Å². The van der Waals surface area contributed by atoms with Crippen molar-refractivity contribution in [2.24, 2.45) is 5.10 Å². The molecule has 1 amide bonds. The summed E-state index contributed by atoms with van der Waals surface area (Å²) >= 11 is 0. The number of rotatable bonds is 5. The first-order valence-electron chi connectivity index (χ1n) is 6.41. The molecule has 0 radical (unpaired) electrons. The van der Waals surface area contributed by atoms with E-state index >= 15 is 0 Å². The highest BCUT2D eigenvalue weighted by Gasteiger charge is 2.12. The van der Waals surface area contributed by atoms with Gasteiger partial charge < -0.3 is 9.15 Å². The predicted molar refractivity (Wildman–Crippen MR) is 76.3 cm³/mol. The van der Waals surface area contributed by atoms with Gasteiger partial charge in [0.1, 0.15) is 17.3 Å². The third-order valence-electron chi connectivity index (χ3n) is 2.77. The smallest absolute Gasteiger partial charge is 0.387 e. The molecule has 7 heteroatoms. The summed E-state index contributed by atoms with van der Waals surface area (Å²) in [5, 5.41) is 3.80. The highest BCUT2D eigenvalue weighted by atomic mass is 19.3. The molecule has 0 saturated carbocycles. The van der Waals surface area contributed by atoms with Crippen LogP contribution in [0, 0.1) is 13.8 Å². The molecule has 0 aliphatic heterocycles. The van der Waals surface area contributed by atoms with Crippen LogP contribution in [0.3, 0.4) is 0 Å². The zero-order chi connectivity index (χ0) is 16.1. The SMILES string of the molecule is Cc1cc(C(=O)NN=Cc2ccc(OC(F)F)cc2)c(C)o1. The molecule has 1 aromatic heterocycles. The second-order valence-electron chi connectivity index (χ2n) is 4.47. The molecule has 22 heavy (non-hydrogen) atoms. The van der Waals surface area contributed by atoms with Crippen LogP contribution in [0.5, 0.6) is 5.75 Å². The molecule has 1 N–H and O–H groups in total. The molecule has 5 nitrogen and oxygen atoms in total.